The van der Waals surface area contributed by atoms with E-state index in [0.29, 0.717) is 25.2 Å². The van der Waals surface area contributed by atoms with Crippen LogP contribution in [0.2, 0.25) is 0 Å². The van der Waals surface area contributed by atoms with Crippen LogP contribution in [0.5, 0.6) is 0 Å². The molecular formula is C17H18F2N2O. The summed E-state index contributed by atoms with van der Waals surface area (Å²) in [5.41, 5.74) is 3.70. The second kappa shape index (κ2) is 6.52. The minimum Gasteiger partial charge on any atom is -0.316 e. The molecule has 0 bridgehead atoms. The van der Waals surface area contributed by atoms with Crippen molar-refractivity contribution in [3.05, 3.63) is 71.3 Å². The maximum absolute atomic E-state index is 14.0. The Hall–Kier alpha value is -1.82. The van der Waals surface area contributed by atoms with Gasteiger partial charge in [0.05, 0.1) is 6.04 Å². The molecule has 2 atom stereocenters. The molecule has 1 heterocycles. The Kier molecular flexibility index (Phi) is 4.47. The standard InChI is InChI=1S/C17H18F2N2O/c18-13-6-7-16(19)14(8-13)15-10-21(11-17(15)20-22)9-12-4-2-1-3-5-12/h1-8,15,17,20,22H,9-11H2. The molecule has 0 saturated carbocycles. The molecule has 5 heteroatoms. The monoisotopic (exact) mass is 304 g/mol. The molecule has 2 N–H and O–H groups in total. The van der Waals surface area contributed by atoms with Gasteiger partial charge in [-0.25, -0.2) is 14.3 Å². The quantitative estimate of drug-likeness (QED) is 0.853. The van der Waals surface area contributed by atoms with Crippen molar-refractivity contribution in [2.24, 2.45) is 0 Å². The normalized spacial score (nSPS) is 22.1. The van der Waals surface area contributed by atoms with Crippen molar-refractivity contribution in [1.29, 1.82) is 0 Å². The van der Waals surface area contributed by atoms with Crippen LogP contribution >= 0.6 is 0 Å². The van der Waals surface area contributed by atoms with Gasteiger partial charge in [-0.3, -0.25) is 4.90 Å². The SMILES string of the molecule is ONC1CN(Cc2ccccc2)CC1c1cc(F)ccc1F. The van der Waals surface area contributed by atoms with Gasteiger partial charge in [-0.15, -0.1) is 0 Å². The molecule has 1 aliphatic rings. The van der Waals surface area contributed by atoms with Crippen molar-refractivity contribution < 1.29 is 14.0 Å². The van der Waals surface area contributed by atoms with Crippen molar-refractivity contribution >= 4 is 0 Å². The first-order valence-electron chi connectivity index (χ1n) is 7.28. The van der Waals surface area contributed by atoms with Crippen molar-refractivity contribution in [1.82, 2.24) is 10.4 Å². The lowest BCUT2D eigenvalue weighted by atomic mass is 9.94. The van der Waals surface area contributed by atoms with Crippen molar-refractivity contribution in [2.45, 2.75) is 18.5 Å². The Morgan fingerprint density at radius 3 is 2.59 bits per heavy atom. The third-order valence-corrected chi connectivity index (χ3v) is 4.17. The highest BCUT2D eigenvalue weighted by atomic mass is 19.1. The van der Waals surface area contributed by atoms with E-state index in [9.17, 15) is 14.0 Å². The minimum absolute atomic E-state index is 0.288. The maximum Gasteiger partial charge on any atom is 0.126 e. The lowest BCUT2D eigenvalue weighted by Crippen LogP contribution is -2.33. The topological polar surface area (TPSA) is 35.5 Å². The third-order valence-electron chi connectivity index (χ3n) is 4.17. The van der Waals surface area contributed by atoms with Crippen LogP contribution in [0, 0.1) is 11.6 Å². The van der Waals surface area contributed by atoms with Crippen LogP contribution in [0.15, 0.2) is 48.5 Å². The van der Waals surface area contributed by atoms with Gasteiger partial charge in [0.2, 0.25) is 0 Å². The van der Waals surface area contributed by atoms with E-state index >= 15 is 0 Å². The van der Waals surface area contributed by atoms with E-state index in [1.807, 2.05) is 30.3 Å². The van der Waals surface area contributed by atoms with Crippen LogP contribution in [0.4, 0.5) is 8.78 Å². The van der Waals surface area contributed by atoms with Crippen LogP contribution in [0.25, 0.3) is 0 Å². The number of rotatable bonds is 4. The van der Waals surface area contributed by atoms with Gasteiger partial charge in [0.1, 0.15) is 11.6 Å². The Labute approximate surface area is 128 Å². The summed E-state index contributed by atoms with van der Waals surface area (Å²) >= 11 is 0. The van der Waals surface area contributed by atoms with Crippen LogP contribution in [0.1, 0.15) is 17.0 Å². The molecule has 3 nitrogen and oxygen atoms in total. The summed E-state index contributed by atoms with van der Waals surface area (Å²) in [6, 6.07) is 13.1. The number of likely N-dealkylation sites (tertiary alicyclic amines) is 1. The number of halogens is 2. The lowest BCUT2D eigenvalue weighted by molar-refractivity contribution is 0.121. The zero-order valence-corrected chi connectivity index (χ0v) is 12.0. The van der Waals surface area contributed by atoms with E-state index in [1.54, 1.807) is 0 Å². The number of nitrogens with zero attached hydrogens (tertiary/aromatic N) is 1. The van der Waals surface area contributed by atoms with E-state index in [0.717, 1.165) is 17.7 Å². The summed E-state index contributed by atoms with van der Waals surface area (Å²) in [7, 11) is 0. The fourth-order valence-electron chi connectivity index (χ4n) is 3.10. The van der Waals surface area contributed by atoms with Crippen LogP contribution < -0.4 is 5.48 Å². The van der Waals surface area contributed by atoms with Crippen LogP contribution in [0.3, 0.4) is 0 Å². The predicted molar refractivity (Wildman–Crippen MR) is 79.5 cm³/mol. The van der Waals surface area contributed by atoms with Crippen molar-refractivity contribution in [3.8, 4) is 0 Å². The first kappa shape index (κ1) is 15.1. The molecule has 0 aliphatic carbocycles. The van der Waals surface area contributed by atoms with Gasteiger partial charge in [-0.1, -0.05) is 30.3 Å². The van der Waals surface area contributed by atoms with E-state index in [4.69, 9.17) is 0 Å². The summed E-state index contributed by atoms with van der Waals surface area (Å²) in [6.07, 6.45) is 0. The largest absolute Gasteiger partial charge is 0.316 e. The van der Waals surface area contributed by atoms with E-state index < -0.39 is 11.6 Å². The first-order chi connectivity index (χ1) is 10.7. The Bertz CT molecular complexity index is 636. The van der Waals surface area contributed by atoms with Gasteiger partial charge in [0.15, 0.2) is 0 Å². The fraction of sp³-hybridized carbons (Fsp3) is 0.294. The first-order valence-corrected chi connectivity index (χ1v) is 7.28. The molecule has 1 fully saturated rings. The maximum atomic E-state index is 14.0. The summed E-state index contributed by atoms with van der Waals surface area (Å²) in [6.45, 7) is 1.85. The van der Waals surface area contributed by atoms with Crippen LogP contribution in [-0.4, -0.2) is 29.2 Å². The molecule has 2 aromatic rings. The predicted octanol–water partition coefficient (Wildman–Crippen LogP) is 2.91. The third kappa shape index (κ3) is 3.16. The Balaban J connectivity index is 1.79. The average Bonchev–Trinajstić information content (AvgIpc) is 2.93. The van der Waals surface area contributed by atoms with Gasteiger partial charge in [0.25, 0.3) is 0 Å². The average molecular weight is 304 g/mol. The highest BCUT2D eigenvalue weighted by Gasteiger charge is 2.35. The van der Waals surface area contributed by atoms with E-state index in [-0.39, 0.29) is 12.0 Å². The second-order valence-corrected chi connectivity index (χ2v) is 5.69. The number of nitrogens with one attached hydrogen (secondary N) is 1. The van der Waals surface area contributed by atoms with Gasteiger partial charge < -0.3 is 5.21 Å². The summed E-state index contributed by atoms with van der Waals surface area (Å²) < 4.78 is 27.4. The molecule has 116 valence electrons. The Morgan fingerprint density at radius 2 is 1.86 bits per heavy atom. The summed E-state index contributed by atoms with van der Waals surface area (Å²) in [5.74, 6) is -1.19. The van der Waals surface area contributed by atoms with Gasteiger partial charge in [0, 0.05) is 25.6 Å². The molecule has 2 unspecified atom stereocenters. The van der Waals surface area contributed by atoms with Gasteiger partial charge in [-0.05, 0) is 29.3 Å². The molecule has 0 amide bonds. The summed E-state index contributed by atoms with van der Waals surface area (Å²) in [4.78, 5) is 2.12. The second-order valence-electron chi connectivity index (χ2n) is 5.69. The number of benzene rings is 2. The van der Waals surface area contributed by atoms with Gasteiger partial charge >= 0.3 is 0 Å². The van der Waals surface area contributed by atoms with E-state index in [1.165, 1.54) is 6.07 Å². The summed E-state index contributed by atoms with van der Waals surface area (Å²) in [5, 5.41) is 9.35. The van der Waals surface area contributed by atoms with Crippen molar-refractivity contribution in [2.75, 3.05) is 13.1 Å². The zero-order chi connectivity index (χ0) is 15.5. The van der Waals surface area contributed by atoms with Crippen LogP contribution in [-0.2, 0) is 6.54 Å². The molecule has 0 aromatic heterocycles. The number of hydroxylamine groups is 1. The molecule has 0 spiro atoms. The minimum atomic E-state index is -0.463. The molecule has 22 heavy (non-hydrogen) atoms. The highest BCUT2D eigenvalue weighted by Crippen LogP contribution is 2.30. The van der Waals surface area contributed by atoms with Crippen molar-refractivity contribution in [3.63, 3.8) is 0 Å². The zero-order valence-electron chi connectivity index (χ0n) is 12.0. The fourth-order valence-corrected chi connectivity index (χ4v) is 3.10. The van der Waals surface area contributed by atoms with Gasteiger partial charge in [-0.2, -0.15) is 0 Å². The molecule has 2 aromatic carbocycles. The number of hydrogen-bond donors (Lipinski definition) is 2. The smallest absolute Gasteiger partial charge is 0.126 e. The molecule has 1 saturated heterocycles. The number of hydrogen-bond acceptors (Lipinski definition) is 3. The Morgan fingerprint density at radius 1 is 1.09 bits per heavy atom. The lowest BCUT2D eigenvalue weighted by Gasteiger charge is -2.17. The highest BCUT2D eigenvalue weighted by molar-refractivity contribution is 5.27. The van der Waals surface area contributed by atoms with E-state index in [2.05, 4.69) is 10.4 Å². The molecule has 3 rings (SSSR count). The molecule has 1 aliphatic heterocycles. The molecule has 0 radical (unpaired) electrons. The molecular weight excluding hydrogens is 286 g/mol.